The third-order valence-electron chi connectivity index (χ3n) is 15.1. The molecule has 0 atom stereocenters. The van der Waals surface area contributed by atoms with E-state index in [1.807, 2.05) is 6.07 Å². The maximum Gasteiger partial charge on any atom is 0.265 e. The second-order valence-corrected chi connectivity index (χ2v) is 20.4. The molecule has 0 saturated heterocycles. The van der Waals surface area contributed by atoms with Crippen LogP contribution in [0.2, 0.25) is 0 Å². The molecule has 0 fully saturated rings. The van der Waals surface area contributed by atoms with Gasteiger partial charge in [0.15, 0.2) is 0 Å². The molecule has 73 heavy (non-hydrogen) atoms. The summed E-state index contributed by atoms with van der Waals surface area (Å²) in [5, 5.41) is 0. The zero-order valence-electron chi connectivity index (χ0n) is 40.4. The molecule has 5 aliphatic heterocycles. The minimum Gasteiger partial charge on any atom is -0.458 e. The molecule has 346 valence electrons. The minimum absolute atomic E-state index is 0.195. The molecule has 2 bridgehead atoms. The largest absolute Gasteiger partial charge is 0.458 e. The molecule has 0 N–H and O–H groups in total. The second-order valence-electron chi connectivity index (χ2n) is 20.4. The lowest BCUT2D eigenvalue weighted by molar-refractivity contribution is 0.450. The minimum atomic E-state index is -0.286. The van der Waals surface area contributed by atoms with E-state index in [-0.39, 0.29) is 18.8 Å². The van der Waals surface area contributed by atoms with Gasteiger partial charge < -0.3 is 33.6 Å². The lowest BCUT2D eigenvalue weighted by Gasteiger charge is -2.43. The molecule has 5 aliphatic rings. The number of nitrogens with zero attached hydrogens (tertiary/aromatic N) is 3. The van der Waals surface area contributed by atoms with Gasteiger partial charge in [0.1, 0.15) is 46.0 Å². The van der Waals surface area contributed by atoms with Crippen LogP contribution in [0.25, 0.3) is 0 Å². The normalized spacial score (nSPS) is 13.5. The van der Waals surface area contributed by atoms with Gasteiger partial charge in [0.05, 0.1) is 11.4 Å². The predicted molar refractivity (Wildman–Crippen MR) is 298 cm³/mol. The van der Waals surface area contributed by atoms with Gasteiger partial charge in [0.2, 0.25) is 0 Å². The Balaban J connectivity index is 1.04. The van der Waals surface area contributed by atoms with Crippen molar-refractivity contribution in [3.8, 4) is 46.0 Å². The highest BCUT2D eigenvalue weighted by molar-refractivity contribution is 7.02. The Morgan fingerprint density at radius 3 is 1.22 bits per heavy atom. The molecule has 0 saturated carbocycles. The summed E-state index contributed by atoms with van der Waals surface area (Å²) in [6.07, 6.45) is 0. The van der Waals surface area contributed by atoms with E-state index in [1.54, 1.807) is 0 Å². The Hall–Kier alpha value is -9.07. The first kappa shape index (κ1) is 41.7. The lowest BCUT2D eigenvalue weighted by Crippen LogP contribution is -2.63. The zero-order chi connectivity index (χ0) is 48.5. The summed E-state index contributed by atoms with van der Waals surface area (Å²) in [7, 11) is 0. The molecule has 10 aromatic carbocycles. The van der Waals surface area contributed by atoms with Gasteiger partial charge in [0, 0.05) is 80.5 Å². The van der Waals surface area contributed by atoms with Gasteiger partial charge in [-0.2, -0.15) is 0 Å². The molecule has 0 radical (unpaired) electrons. The smallest absolute Gasteiger partial charge is 0.265 e. The van der Waals surface area contributed by atoms with Crippen LogP contribution in [-0.2, 0) is 5.41 Å². The van der Waals surface area contributed by atoms with Crippen LogP contribution in [-0.4, -0.2) is 13.4 Å². The number of ether oxygens (including phenoxy) is 4. The molecular weight excluding hydrogens is 896 g/mol. The molecule has 0 aliphatic carbocycles. The van der Waals surface area contributed by atoms with Gasteiger partial charge in [-0.25, -0.2) is 0 Å². The Morgan fingerprint density at radius 2 is 0.726 bits per heavy atom. The first-order valence-electron chi connectivity index (χ1n) is 25.0. The van der Waals surface area contributed by atoms with Crippen molar-refractivity contribution in [2.24, 2.45) is 0 Å². The molecule has 15 rings (SSSR count). The summed E-state index contributed by atoms with van der Waals surface area (Å²) in [6, 6.07) is 77.1. The van der Waals surface area contributed by atoms with E-state index < -0.39 is 0 Å². The third-order valence-corrected chi connectivity index (χ3v) is 15.1. The second kappa shape index (κ2) is 15.7. The summed E-state index contributed by atoms with van der Waals surface area (Å²) in [5.74, 6) is 6.05. The van der Waals surface area contributed by atoms with Crippen molar-refractivity contribution in [2.45, 2.75) is 26.2 Å². The number of para-hydroxylation sites is 5. The number of hydrogen-bond acceptors (Lipinski definition) is 7. The van der Waals surface area contributed by atoms with Crippen LogP contribution in [0.1, 0.15) is 26.3 Å². The van der Waals surface area contributed by atoms with Crippen molar-refractivity contribution < 1.29 is 18.9 Å². The zero-order valence-corrected chi connectivity index (χ0v) is 40.4. The maximum absolute atomic E-state index is 7.63. The molecule has 0 unspecified atom stereocenters. The van der Waals surface area contributed by atoms with E-state index in [0.717, 1.165) is 130 Å². The van der Waals surface area contributed by atoms with E-state index in [1.165, 1.54) is 0 Å². The molecule has 5 heterocycles. The van der Waals surface area contributed by atoms with Gasteiger partial charge in [0.25, 0.3) is 13.4 Å². The molecular formula is C64H45B2N3O4. The van der Waals surface area contributed by atoms with Crippen molar-refractivity contribution in [2.75, 3.05) is 14.7 Å². The molecule has 0 spiro atoms. The van der Waals surface area contributed by atoms with E-state index in [9.17, 15) is 0 Å². The molecule has 0 aromatic heterocycles. The van der Waals surface area contributed by atoms with Crippen molar-refractivity contribution >= 4 is 97.4 Å². The number of benzene rings is 10. The Morgan fingerprint density at radius 1 is 0.329 bits per heavy atom. The van der Waals surface area contributed by atoms with E-state index in [4.69, 9.17) is 18.9 Å². The summed E-state index contributed by atoms with van der Waals surface area (Å²) in [5.41, 5.74) is 16.1. The van der Waals surface area contributed by atoms with Crippen LogP contribution in [0.3, 0.4) is 0 Å². The van der Waals surface area contributed by atoms with Gasteiger partial charge in [-0.1, -0.05) is 124 Å². The first-order chi connectivity index (χ1) is 35.8. The van der Waals surface area contributed by atoms with Crippen LogP contribution in [0.4, 0.5) is 51.2 Å². The molecule has 0 amide bonds. The van der Waals surface area contributed by atoms with Gasteiger partial charge in [-0.3, -0.25) is 0 Å². The quantitative estimate of drug-likeness (QED) is 0.148. The van der Waals surface area contributed by atoms with Crippen LogP contribution >= 0.6 is 0 Å². The molecule has 7 nitrogen and oxygen atoms in total. The Labute approximate surface area is 425 Å². The Bertz CT molecular complexity index is 3790. The predicted octanol–water partition coefficient (Wildman–Crippen LogP) is 13.2. The fourth-order valence-electron chi connectivity index (χ4n) is 11.8. The number of anilines is 9. The van der Waals surface area contributed by atoms with Crippen molar-refractivity contribution in [3.63, 3.8) is 0 Å². The average Bonchev–Trinajstić information content (AvgIpc) is 3.42. The summed E-state index contributed by atoms with van der Waals surface area (Å²) < 4.78 is 29.5. The summed E-state index contributed by atoms with van der Waals surface area (Å²) >= 11 is 0. The Kier molecular flexibility index (Phi) is 8.97. The van der Waals surface area contributed by atoms with E-state index in [2.05, 4.69) is 248 Å². The monoisotopic (exact) mass is 941 g/mol. The number of rotatable bonds is 7. The van der Waals surface area contributed by atoms with Crippen LogP contribution in [0, 0.1) is 0 Å². The fourth-order valence-corrected chi connectivity index (χ4v) is 11.8. The van der Waals surface area contributed by atoms with Crippen LogP contribution < -0.4 is 66.4 Å². The highest BCUT2D eigenvalue weighted by atomic mass is 16.5. The highest BCUT2D eigenvalue weighted by Gasteiger charge is 2.49. The summed E-state index contributed by atoms with van der Waals surface area (Å²) in [6.45, 7) is 6.16. The lowest BCUT2D eigenvalue weighted by atomic mass is 9.30. The standard InChI is InChI=1S/C64H45B2N3O4/c1-64(2,3)40-32-55-62-56(33-40)73-59-37-47(68(43-24-13-6-14-25-43)44-26-15-7-16-27-44)36-58-63(59)66(62)49-38-48-50(39-54(49)72-55)69(45-28-17-8-18-29-45)51-34-46(67(41-20-9-4-10-21-41)42-22-11-5-12-23-42)35-57-60(51)65(48)61-52(70-57)30-19-31-53(61)71-58/h4-39H,1-3H3. The van der Waals surface area contributed by atoms with Gasteiger partial charge in [-0.15, -0.1) is 0 Å². The van der Waals surface area contributed by atoms with E-state index >= 15 is 0 Å². The van der Waals surface area contributed by atoms with E-state index in [0.29, 0.717) is 5.75 Å². The van der Waals surface area contributed by atoms with Crippen LogP contribution in [0.15, 0.2) is 218 Å². The molecule has 10 aromatic rings. The van der Waals surface area contributed by atoms with Crippen molar-refractivity contribution in [3.05, 3.63) is 224 Å². The third kappa shape index (κ3) is 6.41. The average molecular weight is 942 g/mol. The highest BCUT2D eigenvalue weighted by Crippen LogP contribution is 2.50. The summed E-state index contributed by atoms with van der Waals surface area (Å²) in [4.78, 5) is 6.98. The topological polar surface area (TPSA) is 46.6 Å². The SMILES string of the molecule is CC(C)(C)c1cc2c3c(c1)Oc1cc(N(c4ccccc4)c4ccccc4)cc4c1B3c1cc3c(cc1O2)N(c1ccccc1)c1cc(N(c2ccccc2)c2ccccc2)cc2c1B3c1c(cccc1O2)O4. The maximum atomic E-state index is 7.63. The molecule has 9 heteroatoms. The fraction of sp³-hybridized carbons (Fsp3) is 0.0625. The van der Waals surface area contributed by atoms with Crippen molar-refractivity contribution in [1.82, 2.24) is 0 Å². The number of hydrogen-bond donors (Lipinski definition) is 0. The van der Waals surface area contributed by atoms with Gasteiger partial charge in [-0.05, 0) is 118 Å². The van der Waals surface area contributed by atoms with Gasteiger partial charge >= 0.3 is 0 Å². The van der Waals surface area contributed by atoms with Crippen LogP contribution in [0.5, 0.6) is 46.0 Å². The van der Waals surface area contributed by atoms with Crippen molar-refractivity contribution in [1.29, 1.82) is 0 Å². The first-order valence-corrected chi connectivity index (χ1v) is 25.0.